The molecule has 2 atom stereocenters. The molecular formula is C26H38N2O. The summed E-state index contributed by atoms with van der Waals surface area (Å²) in [6, 6.07) is 0.291. The lowest BCUT2D eigenvalue weighted by atomic mass is 9.69. The average molecular weight is 395 g/mol. The molecule has 1 aromatic rings. The molecule has 2 fully saturated rings. The van der Waals surface area contributed by atoms with Gasteiger partial charge in [0.05, 0.1) is 5.69 Å². The molecule has 0 bridgehead atoms. The highest BCUT2D eigenvalue weighted by Gasteiger charge is 2.37. The van der Waals surface area contributed by atoms with Crippen molar-refractivity contribution >= 4 is 12.0 Å². The van der Waals surface area contributed by atoms with Crippen molar-refractivity contribution in [2.24, 2.45) is 5.92 Å². The maximum atomic E-state index is 12.6. The number of amides is 1. The number of rotatable bonds is 6. The number of allylic oxidation sites excluding steroid dienone is 1. The predicted molar refractivity (Wildman–Crippen MR) is 120 cm³/mol. The number of aryl methyl sites for hydroxylation is 1. The fourth-order valence-corrected chi connectivity index (χ4v) is 6.06. The van der Waals surface area contributed by atoms with Gasteiger partial charge >= 0.3 is 0 Å². The first kappa shape index (κ1) is 20.6. The summed E-state index contributed by atoms with van der Waals surface area (Å²) in [6.45, 7) is 4.55. The van der Waals surface area contributed by atoms with E-state index in [1.165, 1.54) is 54.5 Å². The minimum atomic E-state index is 0.0551. The predicted octanol–water partition coefficient (Wildman–Crippen LogP) is 6.03. The number of hydrogen-bond acceptors (Lipinski definition) is 2. The Labute approximate surface area is 176 Å². The summed E-state index contributed by atoms with van der Waals surface area (Å²) in [5, 5.41) is 3.38. The van der Waals surface area contributed by atoms with E-state index in [9.17, 15) is 4.79 Å². The quantitative estimate of drug-likeness (QED) is 0.640. The molecule has 158 valence electrons. The maximum absolute atomic E-state index is 12.6. The molecule has 0 spiro atoms. The monoisotopic (exact) mass is 394 g/mol. The summed E-state index contributed by atoms with van der Waals surface area (Å²) >= 11 is 0. The molecule has 3 aliphatic carbocycles. The second kappa shape index (κ2) is 9.02. The third-order valence-corrected chi connectivity index (χ3v) is 7.69. The van der Waals surface area contributed by atoms with Gasteiger partial charge in [0.25, 0.3) is 0 Å². The van der Waals surface area contributed by atoms with Crippen molar-refractivity contribution in [3.63, 3.8) is 0 Å². The summed E-state index contributed by atoms with van der Waals surface area (Å²) < 4.78 is 0. The largest absolute Gasteiger partial charge is 0.353 e. The van der Waals surface area contributed by atoms with Crippen molar-refractivity contribution in [2.45, 2.75) is 109 Å². The van der Waals surface area contributed by atoms with Gasteiger partial charge in [-0.1, -0.05) is 51.2 Å². The number of hydrogen-bond donors (Lipinski definition) is 1. The molecule has 4 rings (SSSR count). The van der Waals surface area contributed by atoms with E-state index in [-0.39, 0.29) is 11.3 Å². The Morgan fingerprint density at radius 1 is 1.24 bits per heavy atom. The molecule has 29 heavy (non-hydrogen) atoms. The van der Waals surface area contributed by atoms with E-state index in [0.29, 0.717) is 12.5 Å². The lowest BCUT2D eigenvalue weighted by Crippen LogP contribution is -2.43. The molecule has 1 aromatic heterocycles. The smallest absolute Gasteiger partial charge is 0.220 e. The van der Waals surface area contributed by atoms with Gasteiger partial charge in [0.15, 0.2) is 0 Å². The summed E-state index contributed by atoms with van der Waals surface area (Å²) in [6.07, 6.45) is 21.9. The van der Waals surface area contributed by atoms with Crippen molar-refractivity contribution in [1.29, 1.82) is 0 Å². The summed E-state index contributed by atoms with van der Waals surface area (Å²) in [4.78, 5) is 17.5. The van der Waals surface area contributed by atoms with Crippen LogP contribution in [0, 0.1) is 12.8 Å². The second-order valence-electron chi connectivity index (χ2n) is 10.1. The summed E-state index contributed by atoms with van der Waals surface area (Å²) in [5.41, 5.74) is 5.48. The second-order valence-corrected chi connectivity index (χ2v) is 10.1. The van der Waals surface area contributed by atoms with Gasteiger partial charge in [-0.3, -0.25) is 9.78 Å². The highest BCUT2D eigenvalue weighted by Crippen LogP contribution is 2.42. The number of carbonyl (C=O) groups is 1. The van der Waals surface area contributed by atoms with E-state index in [1.54, 1.807) is 0 Å². The van der Waals surface area contributed by atoms with Crippen LogP contribution >= 0.6 is 0 Å². The molecular weight excluding hydrogens is 356 g/mol. The first-order valence-electron chi connectivity index (χ1n) is 12.0. The highest BCUT2D eigenvalue weighted by atomic mass is 16.1. The minimum Gasteiger partial charge on any atom is -0.353 e. The molecule has 0 aliphatic heterocycles. The third kappa shape index (κ3) is 4.75. The fourth-order valence-electron chi connectivity index (χ4n) is 6.06. The van der Waals surface area contributed by atoms with Gasteiger partial charge in [-0.15, -0.1) is 0 Å². The van der Waals surface area contributed by atoms with Crippen LogP contribution in [0.2, 0.25) is 0 Å². The van der Waals surface area contributed by atoms with Crippen LogP contribution in [0.25, 0.3) is 6.08 Å². The zero-order valence-corrected chi connectivity index (χ0v) is 18.4. The summed E-state index contributed by atoms with van der Waals surface area (Å²) in [5.74, 6) is 1.14. The zero-order chi connectivity index (χ0) is 20.3. The fraction of sp³-hybridized carbons (Fsp3) is 0.692. The standard InChI is InChI=1S/C26H38N2O/c1-19-18-27-25(23-14-6-5-13-22(19)23)26(2)16-8-12-21(17-26)28-24(29)15-7-11-20-9-3-4-10-20/h6,14,18,20-21H,3-5,7-13,15-17H2,1-2H3,(H,28,29). The highest BCUT2D eigenvalue weighted by molar-refractivity contribution is 5.76. The molecule has 3 aliphatic rings. The number of nitrogens with one attached hydrogen (secondary N) is 1. The molecule has 0 aromatic carbocycles. The minimum absolute atomic E-state index is 0.0551. The van der Waals surface area contributed by atoms with Crippen LogP contribution in [0.5, 0.6) is 0 Å². The molecule has 0 radical (unpaired) electrons. The zero-order valence-electron chi connectivity index (χ0n) is 18.4. The van der Waals surface area contributed by atoms with E-state index in [1.807, 2.05) is 0 Å². The Morgan fingerprint density at radius 3 is 2.90 bits per heavy atom. The van der Waals surface area contributed by atoms with E-state index in [4.69, 9.17) is 4.98 Å². The van der Waals surface area contributed by atoms with Gasteiger partial charge in [0, 0.05) is 24.1 Å². The molecule has 1 heterocycles. The molecule has 0 saturated heterocycles. The van der Waals surface area contributed by atoms with E-state index in [0.717, 1.165) is 50.9 Å². The van der Waals surface area contributed by atoms with Gasteiger partial charge in [0.1, 0.15) is 0 Å². The number of fused-ring (bicyclic) bond motifs is 1. The van der Waals surface area contributed by atoms with Gasteiger partial charge in [-0.05, 0) is 74.5 Å². The van der Waals surface area contributed by atoms with Crippen molar-refractivity contribution < 1.29 is 4.79 Å². The van der Waals surface area contributed by atoms with Gasteiger partial charge < -0.3 is 5.32 Å². The van der Waals surface area contributed by atoms with Crippen LogP contribution in [-0.4, -0.2) is 16.9 Å². The SMILES string of the molecule is Cc1cnc(C2(C)CCCC(NC(=O)CCCC3CCCC3)C2)c2c1CCC=C2. The van der Waals surface area contributed by atoms with Crippen molar-refractivity contribution in [3.05, 3.63) is 34.7 Å². The van der Waals surface area contributed by atoms with Crippen LogP contribution in [0.1, 0.15) is 106 Å². The van der Waals surface area contributed by atoms with Crippen molar-refractivity contribution in [1.82, 2.24) is 10.3 Å². The van der Waals surface area contributed by atoms with E-state index in [2.05, 4.69) is 37.5 Å². The Morgan fingerprint density at radius 2 is 2.07 bits per heavy atom. The Bertz CT molecular complexity index is 762. The molecule has 1 N–H and O–H groups in total. The Kier molecular flexibility index (Phi) is 6.41. The van der Waals surface area contributed by atoms with E-state index >= 15 is 0 Å². The average Bonchev–Trinajstić information content (AvgIpc) is 3.22. The molecule has 1 amide bonds. The molecule has 3 nitrogen and oxygen atoms in total. The normalized spacial score (nSPS) is 27.0. The summed E-state index contributed by atoms with van der Waals surface area (Å²) in [7, 11) is 0. The third-order valence-electron chi connectivity index (χ3n) is 7.69. The van der Waals surface area contributed by atoms with Crippen molar-refractivity contribution in [2.75, 3.05) is 0 Å². The molecule has 2 unspecified atom stereocenters. The lowest BCUT2D eigenvalue weighted by molar-refractivity contribution is -0.122. The Hall–Kier alpha value is -1.64. The van der Waals surface area contributed by atoms with Gasteiger partial charge in [0.2, 0.25) is 5.91 Å². The van der Waals surface area contributed by atoms with Crippen LogP contribution in [0.3, 0.4) is 0 Å². The first-order chi connectivity index (χ1) is 14.0. The Balaban J connectivity index is 1.38. The first-order valence-corrected chi connectivity index (χ1v) is 12.0. The molecule has 2 saturated carbocycles. The number of aromatic nitrogens is 1. The number of carbonyl (C=O) groups excluding carboxylic acids is 1. The van der Waals surface area contributed by atoms with Gasteiger partial charge in [-0.2, -0.15) is 0 Å². The maximum Gasteiger partial charge on any atom is 0.220 e. The van der Waals surface area contributed by atoms with Gasteiger partial charge in [-0.25, -0.2) is 0 Å². The van der Waals surface area contributed by atoms with E-state index < -0.39 is 0 Å². The van der Waals surface area contributed by atoms with Crippen LogP contribution < -0.4 is 5.32 Å². The van der Waals surface area contributed by atoms with Crippen LogP contribution in [-0.2, 0) is 16.6 Å². The number of pyridine rings is 1. The molecule has 3 heteroatoms. The lowest BCUT2D eigenvalue weighted by Gasteiger charge is -2.39. The van der Waals surface area contributed by atoms with Crippen molar-refractivity contribution in [3.8, 4) is 0 Å². The van der Waals surface area contributed by atoms with Crippen LogP contribution in [0.15, 0.2) is 12.3 Å². The topological polar surface area (TPSA) is 42.0 Å². The number of nitrogens with zero attached hydrogens (tertiary/aromatic N) is 1. The van der Waals surface area contributed by atoms with Crippen LogP contribution in [0.4, 0.5) is 0 Å².